The van der Waals surface area contributed by atoms with Crippen molar-refractivity contribution in [3.05, 3.63) is 46.2 Å². The fraction of sp³-hybridized carbons (Fsp3) is 0.550. The van der Waals surface area contributed by atoms with E-state index < -0.39 is 36.8 Å². The Kier molecular flexibility index (Phi) is 13.7. The van der Waals surface area contributed by atoms with Crippen LogP contribution in [0.15, 0.2) is 36.4 Å². The third-order valence-corrected chi connectivity index (χ3v) is 32.9. The first-order chi connectivity index (χ1) is 22.0. The van der Waals surface area contributed by atoms with Crippen LogP contribution in [0.5, 0.6) is 0 Å². The molecule has 4 heterocycles. The van der Waals surface area contributed by atoms with Gasteiger partial charge in [0.05, 0.1) is 0 Å². The Hall–Kier alpha value is 0.137. The van der Waals surface area contributed by atoms with Gasteiger partial charge in [0.15, 0.2) is 0 Å². The molecule has 0 bridgehead atoms. The maximum atomic E-state index is 2.63. The van der Waals surface area contributed by atoms with Gasteiger partial charge in [-0.1, -0.05) is 39.5 Å². The molecule has 0 aliphatic rings. The summed E-state index contributed by atoms with van der Waals surface area (Å²) in [6.07, 6.45) is 18.8. The molecule has 4 aromatic heterocycles. The zero-order valence-corrected chi connectivity index (χ0v) is 39.0. The van der Waals surface area contributed by atoms with E-state index in [0.29, 0.717) is 0 Å². The van der Waals surface area contributed by atoms with Crippen molar-refractivity contribution in [2.24, 2.45) is 0 Å². The Morgan fingerprint density at radius 1 is 0.457 bits per heavy atom. The van der Waals surface area contributed by atoms with Gasteiger partial charge in [0, 0.05) is 0 Å². The molecule has 5 rings (SSSR count). The van der Waals surface area contributed by atoms with E-state index in [1.807, 2.05) is 0 Å². The van der Waals surface area contributed by atoms with Gasteiger partial charge in [0.25, 0.3) is 0 Å². The molecule has 6 heteroatoms. The Morgan fingerprint density at radius 2 is 0.826 bits per heavy atom. The summed E-state index contributed by atoms with van der Waals surface area (Å²) in [7, 11) is 0. The molecule has 0 spiro atoms. The second-order valence-electron chi connectivity index (χ2n) is 15.5. The van der Waals surface area contributed by atoms with Crippen molar-refractivity contribution in [3.8, 4) is 20.9 Å². The molecule has 0 unspecified atom stereocenters. The van der Waals surface area contributed by atoms with Crippen molar-refractivity contribution in [3.63, 3.8) is 0 Å². The van der Waals surface area contributed by atoms with Gasteiger partial charge in [0.1, 0.15) is 0 Å². The van der Waals surface area contributed by atoms with E-state index in [0.717, 1.165) is 0 Å². The van der Waals surface area contributed by atoms with Crippen LogP contribution in [-0.4, -0.2) is 36.8 Å². The molecular formula is C40H58S4Sn2. The molecule has 0 aliphatic heterocycles. The molecule has 0 atom stereocenters. The Balaban J connectivity index is 1.63. The van der Waals surface area contributed by atoms with E-state index >= 15 is 0 Å². The van der Waals surface area contributed by atoms with Crippen molar-refractivity contribution < 1.29 is 0 Å². The van der Waals surface area contributed by atoms with Crippen LogP contribution in [0.4, 0.5) is 0 Å². The van der Waals surface area contributed by atoms with Crippen LogP contribution >= 0.6 is 45.3 Å². The second kappa shape index (κ2) is 16.9. The van der Waals surface area contributed by atoms with Crippen molar-refractivity contribution in [2.45, 2.75) is 133 Å². The molecular weight excluding hydrogens is 846 g/mol. The second-order valence-corrected chi connectivity index (χ2v) is 50.8. The predicted octanol–water partition coefficient (Wildman–Crippen LogP) is 14.5. The average molecular weight is 905 g/mol. The van der Waals surface area contributed by atoms with Gasteiger partial charge in [-0.05, 0) is 0 Å². The van der Waals surface area contributed by atoms with E-state index in [2.05, 4.69) is 125 Å². The van der Waals surface area contributed by atoms with Gasteiger partial charge in [-0.2, -0.15) is 0 Å². The molecule has 250 valence electrons. The topological polar surface area (TPSA) is 0 Å². The minimum atomic E-state index is -2.17. The minimum absolute atomic E-state index is 1.23. The summed E-state index contributed by atoms with van der Waals surface area (Å²) in [6, 6.07) is 15.2. The molecule has 5 aromatic rings. The van der Waals surface area contributed by atoms with E-state index in [1.165, 1.54) is 110 Å². The van der Waals surface area contributed by atoms with Gasteiger partial charge in [0.2, 0.25) is 0 Å². The molecule has 0 amide bonds. The number of aryl methyl sites for hydroxylation is 2. The molecule has 0 saturated heterocycles. The maximum absolute atomic E-state index is 2.63. The summed E-state index contributed by atoms with van der Waals surface area (Å²) in [5, 5.41) is 3.07. The molecule has 0 radical (unpaired) electrons. The molecule has 0 nitrogen and oxygen atoms in total. The summed E-state index contributed by atoms with van der Waals surface area (Å²) < 4.78 is 6.50. The molecule has 0 fully saturated rings. The van der Waals surface area contributed by atoms with Crippen LogP contribution < -0.4 is 5.79 Å². The zero-order chi connectivity index (χ0) is 32.9. The number of benzene rings is 1. The number of unbranched alkanes of at least 4 members (excludes halogenated alkanes) is 10. The standard InChI is InChI=1S/C34H40S4.6CH3.2Sn/c1-3-5-7-9-11-13-17-25-23-27-31(29-19-15-21-35-29)34-28(32(33(27)37-25)30-20-16-22-36-30)24-26(38-34)18-14-12-10-8-6-4-2;;;;;;;;/h15-16,19-20,23-24H,3-14,17-18H2,1-2H3;6*1H3;;. The van der Waals surface area contributed by atoms with Gasteiger partial charge < -0.3 is 0 Å². The average Bonchev–Trinajstić information content (AvgIpc) is 3.80. The third-order valence-electron chi connectivity index (χ3n) is 9.30. The Morgan fingerprint density at radius 3 is 1.17 bits per heavy atom. The fourth-order valence-corrected chi connectivity index (χ4v) is 21.9. The summed E-state index contributed by atoms with van der Waals surface area (Å²) in [5.74, 6) is 0. The van der Waals surface area contributed by atoms with Crippen molar-refractivity contribution in [2.75, 3.05) is 0 Å². The van der Waals surface area contributed by atoms with Crippen LogP contribution in [0, 0.1) is 0 Å². The molecule has 46 heavy (non-hydrogen) atoms. The summed E-state index contributed by atoms with van der Waals surface area (Å²) in [4.78, 5) is 21.6. The van der Waals surface area contributed by atoms with Gasteiger partial charge >= 0.3 is 269 Å². The third kappa shape index (κ3) is 9.27. The van der Waals surface area contributed by atoms with Crippen molar-refractivity contribution in [1.29, 1.82) is 0 Å². The van der Waals surface area contributed by atoms with Crippen LogP contribution in [0.25, 0.3) is 41.1 Å². The predicted molar refractivity (Wildman–Crippen MR) is 224 cm³/mol. The van der Waals surface area contributed by atoms with Gasteiger partial charge in [-0.15, -0.1) is 0 Å². The van der Waals surface area contributed by atoms with E-state index in [1.54, 1.807) is 36.1 Å². The Bertz CT molecular complexity index is 1520. The normalized spacial score (nSPS) is 12.7. The summed E-state index contributed by atoms with van der Waals surface area (Å²) >= 11 is 4.15. The Labute approximate surface area is 305 Å². The molecule has 1 aromatic carbocycles. The number of rotatable bonds is 18. The van der Waals surface area contributed by atoms with Crippen LogP contribution in [0.1, 0.15) is 101 Å². The SMILES string of the molecule is CCCCCCCCc1cc2c(-c3cc[c]([Sn]([CH3])([CH3])[CH3])s3)c3sc(CCCCCCCC)cc3c(-c3cc[c]([Sn]([CH3])([CH3])[CH3])s3)c2s1. The number of hydrogen-bond donors (Lipinski definition) is 0. The van der Waals surface area contributed by atoms with Crippen LogP contribution in [-0.2, 0) is 12.8 Å². The summed E-state index contributed by atoms with van der Waals surface area (Å²) in [6.45, 7) is 4.63. The molecule has 0 N–H and O–H groups in total. The van der Waals surface area contributed by atoms with Crippen LogP contribution in [0.3, 0.4) is 0 Å². The fourth-order valence-electron chi connectivity index (χ4n) is 6.52. The first-order valence-electron chi connectivity index (χ1n) is 18.2. The number of hydrogen-bond acceptors (Lipinski definition) is 4. The number of fused-ring (bicyclic) bond motifs is 2. The van der Waals surface area contributed by atoms with E-state index in [4.69, 9.17) is 0 Å². The molecule has 0 saturated carbocycles. The van der Waals surface area contributed by atoms with Crippen molar-refractivity contribution >= 4 is 108 Å². The molecule has 0 aliphatic carbocycles. The van der Waals surface area contributed by atoms with Crippen molar-refractivity contribution in [1.82, 2.24) is 0 Å². The van der Waals surface area contributed by atoms with Gasteiger partial charge in [-0.3, -0.25) is 0 Å². The van der Waals surface area contributed by atoms with Crippen LogP contribution in [0.2, 0.25) is 29.6 Å². The summed E-state index contributed by atoms with van der Waals surface area (Å²) in [5.41, 5.74) is 3.11. The van der Waals surface area contributed by atoms with Gasteiger partial charge in [-0.25, -0.2) is 0 Å². The monoisotopic (exact) mass is 906 g/mol. The zero-order valence-electron chi connectivity index (χ0n) is 30.0. The number of thiophene rings is 4. The quantitative estimate of drug-likeness (QED) is 0.0607. The first-order valence-corrected chi connectivity index (χ1v) is 41.5. The van der Waals surface area contributed by atoms with E-state index in [9.17, 15) is 0 Å². The first kappa shape index (κ1) is 37.4. The van der Waals surface area contributed by atoms with E-state index in [-0.39, 0.29) is 0 Å².